The first-order chi connectivity index (χ1) is 7.84. The number of aliphatic carboxylic acids is 1. The highest BCUT2D eigenvalue weighted by Gasteiger charge is 2.17. The predicted molar refractivity (Wildman–Crippen MR) is 65.3 cm³/mol. The fourth-order valence-corrected chi connectivity index (χ4v) is 2.30. The number of primary amides is 1. The average Bonchev–Trinajstić information content (AvgIpc) is 2.22. The minimum absolute atomic E-state index is 0.144. The van der Waals surface area contributed by atoms with Gasteiger partial charge in [-0.15, -0.1) is 0 Å². The number of carbonyl (C=O) groups excluding carboxylic acids is 1. The van der Waals surface area contributed by atoms with Gasteiger partial charge >= 0.3 is 5.97 Å². The van der Waals surface area contributed by atoms with Crippen LogP contribution in [0.3, 0.4) is 0 Å². The first-order valence-corrected chi connectivity index (χ1v) is 5.95. The van der Waals surface area contributed by atoms with Gasteiger partial charge in [0, 0.05) is 5.69 Å². The number of carboxylic acids is 1. The fourth-order valence-electron chi connectivity index (χ4n) is 1.44. The number of carboxylic acid groups (broad SMARTS) is 1. The van der Waals surface area contributed by atoms with Crippen LogP contribution in [0, 0.1) is 20.8 Å². The fraction of sp³-hybridized carbons (Fsp3) is 0.364. The topological polar surface area (TPSA) is 93.3 Å². The molecule has 3 N–H and O–H groups in total. The van der Waals surface area contributed by atoms with Crippen molar-refractivity contribution in [1.29, 1.82) is 0 Å². The molecule has 1 aromatic rings. The van der Waals surface area contributed by atoms with Crippen molar-refractivity contribution in [3.8, 4) is 0 Å². The van der Waals surface area contributed by atoms with E-state index in [9.17, 15) is 9.59 Å². The summed E-state index contributed by atoms with van der Waals surface area (Å²) in [5.74, 6) is -1.68. The summed E-state index contributed by atoms with van der Waals surface area (Å²) in [6.07, 6.45) is 0. The molecule has 0 radical (unpaired) electrons. The van der Waals surface area contributed by atoms with Crippen LogP contribution in [-0.4, -0.2) is 27.7 Å². The minimum atomic E-state index is -0.955. The SMILES string of the molecule is Cc1nc(SCC(=O)O)c(C(N)=O)c(C)c1C. The molecule has 0 fully saturated rings. The highest BCUT2D eigenvalue weighted by molar-refractivity contribution is 8.00. The van der Waals surface area contributed by atoms with Gasteiger partial charge in [-0.05, 0) is 31.9 Å². The van der Waals surface area contributed by atoms with Crippen LogP contribution in [0.1, 0.15) is 27.2 Å². The Morgan fingerprint density at radius 2 is 1.88 bits per heavy atom. The summed E-state index contributed by atoms with van der Waals surface area (Å²) in [4.78, 5) is 26.1. The van der Waals surface area contributed by atoms with Crippen LogP contribution < -0.4 is 5.73 Å². The Morgan fingerprint density at radius 3 is 2.35 bits per heavy atom. The number of carbonyl (C=O) groups is 2. The molecule has 1 aromatic heterocycles. The third-order valence-electron chi connectivity index (χ3n) is 2.54. The van der Waals surface area contributed by atoms with E-state index in [1.54, 1.807) is 6.92 Å². The number of pyridine rings is 1. The van der Waals surface area contributed by atoms with Crippen LogP contribution in [0.2, 0.25) is 0 Å². The van der Waals surface area contributed by atoms with Crippen molar-refractivity contribution in [3.05, 3.63) is 22.4 Å². The van der Waals surface area contributed by atoms with Gasteiger partial charge in [-0.25, -0.2) is 4.98 Å². The molecule has 0 aromatic carbocycles. The maximum Gasteiger partial charge on any atom is 0.313 e. The zero-order valence-electron chi connectivity index (χ0n) is 9.90. The van der Waals surface area contributed by atoms with Crippen LogP contribution in [0.15, 0.2) is 5.03 Å². The van der Waals surface area contributed by atoms with E-state index in [2.05, 4.69) is 4.98 Å². The lowest BCUT2D eigenvalue weighted by molar-refractivity contribution is -0.133. The van der Waals surface area contributed by atoms with Crippen LogP contribution in [0.25, 0.3) is 0 Å². The van der Waals surface area contributed by atoms with Crippen molar-refractivity contribution in [1.82, 2.24) is 4.98 Å². The molecule has 0 bridgehead atoms. The third kappa shape index (κ3) is 2.97. The smallest absolute Gasteiger partial charge is 0.313 e. The minimum Gasteiger partial charge on any atom is -0.481 e. The van der Waals surface area contributed by atoms with E-state index in [4.69, 9.17) is 10.8 Å². The lowest BCUT2D eigenvalue weighted by Gasteiger charge is -2.12. The molecular formula is C11H14N2O3S. The normalized spacial score (nSPS) is 10.3. The molecule has 0 saturated carbocycles. The van der Waals surface area contributed by atoms with Gasteiger partial charge in [-0.1, -0.05) is 11.8 Å². The molecule has 0 unspecified atom stereocenters. The highest BCUT2D eigenvalue weighted by Crippen LogP contribution is 2.26. The summed E-state index contributed by atoms with van der Waals surface area (Å²) < 4.78 is 0. The molecule has 5 nitrogen and oxygen atoms in total. The molecule has 1 amide bonds. The van der Waals surface area contributed by atoms with Crippen molar-refractivity contribution < 1.29 is 14.7 Å². The van der Waals surface area contributed by atoms with Gasteiger partial charge in [0.1, 0.15) is 5.03 Å². The van der Waals surface area contributed by atoms with Crippen LogP contribution in [0.5, 0.6) is 0 Å². The van der Waals surface area contributed by atoms with E-state index in [1.165, 1.54) is 0 Å². The highest BCUT2D eigenvalue weighted by atomic mass is 32.2. The zero-order chi connectivity index (χ0) is 13.2. The second-order valence-electron chi connectivity index (χ2n) is 3.67. The Balaban J connectivity index is 3.27. The average molecular weight is 254 g/mol. The second-order valence-corrected chi connectivity index (χ2v) is 4.64. The van der Waals surface area contributed by atoms with Crippen LogP contribution in [-0.2, 0) is 4.79 Å². The molecule has 6 heteroatoms. The van der Waals surface area contributed by atoms with E-state index in [0.29, 0.717) is 10.6 Å². The maximum absolute atomic E-state index is 11.4. The lowest BCUT2D eigenvalue weighted by Crippen LogP contribution is -2.17. The zero-order valence-corrected chi connectivity index (χ0v) is 10.7. The molecule has 0 aliphatic carbocycles. The molecule has 1 rings (SSSR count). The molecule has 92 valence electrons. The number of nitrogens with two attached hydrogens (primary N) is 1. The Bertz CT molecular complexity index is 486. The third-order valence-corrected chi connectivity index (χ3v) is 3.50. The molecule has 0 aliphatic rings. The molecule has 0 saturated heterocycles. The van der Waals surface area contributed by atoms with E-state index >= 15 is 0 Å². The summed E-state index contributed by atoms with van der Waals surface area (Å²) in [7, 11) is 0. The number of aryl methyl sites for hydroxylation is 1. The number of nitrogens with zero attached hydrogens (tertiary/aromatic N) is 1. The van der Waals surface area contributed by atoms with Gasteiger partial charge in [0.2, 0.25) is 0 Å². The number of amides is 1. The number of thioether (sulfide) groups is 1. The van der Waals surface area contributed by atoms with Crippen molar-refractivity contribution in [2.75, 3.05) is 5.75 Å². The first kappa shape index (κ1) is 13.5. The van der Waals surface area contributed by atoms with E-state index < -0.39 is 11.9 Å². The largest absolute Gasteiger partial charge is 0.481 e. The molecule has 1 heterocycles. The summed E-state index contributed by atoms with van der Waals surface area (Å²) >= 11 is 1.01. The van der Waals surface area contributed by atoms with Crippen molar-refractivity contribution in [2.24, 2.45) is 5.73 Å². The van der Waals surface area contributed by atoms with Gasteiger partial charge in [0.15, 0.2) is 0 Å². The van der Waals surface area contributed by atoms with Gasteiger partial charge < -0.3 is 10.8 Å². The summed E-state index contributed by atoms with van der Waals surface area (Å²) in [5.41, 5.74) is 8.06. The Morgan fingerprint density at radius 1 is 1.29 bits per heavy atom. The van der Waals surface area contributed by atoms with Gasteiger partial charge in [-0.3, -0.25) is 9.59 Å². The Hall–Kier alpha value is -1.56. The summed E-state index contributed by atoms with van der Waals surface area (Å²) in [6, 6.07) is 0. The molecule has 0 atom stereocenters. The van der Waals surface area contributed by atoms with E-state index in [-0.39, 0.29) is 5.75 Å². The Kier molecular flexibility index (Phi) is 4.11. The van der Waals surface area contributed by atoms with Crippen LogP contribution >= 0.6 is 11.8 Å². The molecule has 0 spiro atoms. The van der Waals surface area contributed by atoms with E-state index in [0.717, 1.165) is 28.6 Å². The monoisotopic (exact) mass is 254 g/mol. The predicted octanol–water partition coefficient (Wildman–Crippen LogP) is 1.28. The van der Waals surface area contributed by atoms with Gasteiger partial charge in [0.25, 0.3) is 5.91 Å². The quantitative estimate of drug-likeness (QED) is 0.789. The summed E-state index contributed by atoms with van der Waals surface area (Å²) in [6.45, 7) is 5.46. The number of aromatic nitrogens is 1. The molecular weight excluding hydrogens is 240 g/mol. The number of hydrogen-bond acceptors (Lipinski definition) is 4. The Labute approximate surface area is 103 Å². The molecule has 17 heavy (non-hydrogen) atoms. The number of hydrogen-bond donors (Lipinski definition) is 2. The van der Waals surface area contributed by atoms with E-state index in [1.807, 2.05) is 13.8 Å². The maximum atomic E-state index is 11.4. The van der Waals surface area contributed by atoms with Gasteiger partial charge in [0.05, 0.1) is 11.3 Å². The number of rotatable bonds is 4. The van der Waals surface area contributed by atoms with Crippen molar-refractivity contribution >= 4 is 23.6 Å². The van der Waals surface area contributed by atoms with Crippen molar-refractivity contribution in [3.63, 3.8) is 0 Å². The van der Waals surface area contributed by atoms with Gasteiger partial charge in [-0.2, -0.15) is 0 Å². The first-order valence-electron chi connectivity index (χ1n) is 4.96. The summed E-state index contributed by atoms with van der Waals surface area (Å²) in [5, 5.41) is 9.02. The lowest BCUT2D eigenvalue weighted by atomic mass is 10.0. The van der Waals surface area contributed by atoms with Crippen LogP contribution in [0.4, 0.5) is 0 Å². The molecule has 0 aliphatic heterocycles. The standard InChI is InChI=1S/C11H14N2O3S/c1-5-6(2)9(10(12)16)11(13-7(5)3)17-4-8(14)15/h4H2,1-3H3,(H2,12,16)(H,14,15). The van der Waals surface area contributed by atoms with Crippen molar-refractivity contribution in [2.45, 2.75) is 25.8 Å². The second kappa shape index (κ2) is 5.18.